The Morgan fingerprint density at radius 3 is 2.75 bits per heavy atom. The van der Waals surface area contributed by atoms with E-state index in [2.05, 4.69) is 5.32 Å². The lowest BCUT2D eigenvalue weighted by Crippen LogP contribution is -2.30. The van der Waals surface area contributed by atoms with E-state index in [9.17, 15) is 0 Å². The van der Waals surface area contributed by atoms with Crippen LogP contribution in [0.1, 0.15) is 11.1 Å². The molecular formula is C18H19ClN2O2S. The van der Waals surface area contributed by atoms with Gasteiger partial charge in [-0.15, -0.1) is 0 Å². The highest BCUT2D eigenvalue weighted by Crippen LogP contribution is 2.31. The normalized spacial score (nSPS) is 12.6. The van der Waals surface area contributed by atoms with Crippen LogP contribution in [0.4, 0.5) is 5.69 Å². The number of anilines is 1. The van der Waals surface area contributed by atoms with Crippen molar-refractivity contribution in [3.8, 4) is 11.5 Å². The first-order valence-corrected chi connectivity index (χ1v) is 8.49. The SMILES string of the molecule is Cc1c(Cl)cccc1NC(=S)N(C)Cc1ccc2c(c1)OCCO2. The summed E-state index contributed by atoms with van der Waals surface area (Å²) in [6, 6.07) is 11.7. The lowest BCUT2D eigenvalue weighted by molar-refractivity contribution is 0.171. The lowest BCUT2D eigenvalue weighted by atomic mass is 10.2. The lowest BCUT2D eigenvalue weighted by Gasteiger charge is -2.23. The zero-order valence-electron chi connectivity index (χ0n) is 13.6. The van der Waals surface area contributed by atoms with Crippen LogP contribution in [0.15, 0.2) is 36.4 Å². The fraction of sp³-hybridized carbons (Fsp3) is 0.278. The minimum absolute atomic E-state index is 0.584. The van der Waals surface area contributed by atoms with Crippen LogP contribution in [0.3, 0.4) is 0 Å². The van der Waals surface area contributed by atoms with Crippen molar-refractivity contribution in [2.75, 3.05) is 25.6 Å². The summed E-state index contributed by atoms with van der Waals surface area (Å²) in [6.07, 6.45) is 0. The van der Waals surface area contributed by atoms with E-state index in [4.69, 9.17) is 33.3 Å². The molecular weight excluding hydrogens is 344 g/mol. The monoisotopic (exact) mass is 362 g/mol. The van der Waals surface area contributed by atoms with Gasteiger partial charge in [-0.1, -0.05) is 23.7 Å². The van der Waals surface area contributed by atoms with Gasteiger partial charge in [0, 0.05) is 24.3 Å². The Kier molecular flexibility index (Phi) is 5.11. The van der Waals surface area contributed by atoms with Gasteiger partial charge in [-0.25, -0.2) is 0 Å². The van der Waals surface area contributed by atoms with Gasteiger partial charge in [0.25, 0.3) is 0 Å². The molecule has 24 heavy (non-hydrogen) atoms. The molecule has 0 unspecified atom stereocenters. The first kappa shape index (κ1) is 16.9. The number of ether oxygens (including phenoxy) is 2. The quantitative estimate of drug-likeness (QED) is 0.825. The highest BCUT2D eigenvalue weighted by atomic mass is 35.5. The maximum atomic E-state index is 6.15. The number of benzene rings is 2. The summed E-state index contributed by atoms with van der Waals surface area (Å²) in [5.41, 5.74) is 3.00. The summed E-state index contributed by atoms with van der Waals surface area (Å²) in [4.78, 5) is 1.97. The molecule has 1 N–H and O–H groups in total. The van der Waals surface area contributed by atoms with Crippen molar-refractivity contribution < 1.29 is 9.47 Å². The minimum atomic E-state index is 0.584. The number of fused-ring (bicyclic) bond motifs is 1. The Hall–Kier alpha value is -1.98. The molecule has 0 amide bonds. The average Bonchev–Trinajstić information content (AvgIpc) is 2.58. The molecule has 126 valence electrons. The molecule has 2 aromatic carbocycles. The van der Waals surface area contributed by atoms with Crippen LogP contribution in [0.2, 0.25) is 5.02 Å². The number of hydrogen-bond donors (Lipinski definition) is 1. The molecule has 6 heteroatoms. The number of nitrogens with zero attached hydrogens (tertiary/aromatic N) is 1. The summed E-state index contributed by atoms with van der Waals surface area (Å²) < 4.78 is 11.2. The summed E-state index contributed by atoms with van der Waals surface area (Å²) in [5, 5.41) is 4.60. The zero-order chi connectivity index (χ0) is 17.1. The van der Waals surface area contributed by atoms with Crippen molar-refractivity contribution in [3.63, 3.8) is 0 Å². The molecule has 3 rings (SSSR count). The van der Waals surface area contributed by atoms with Crippen LogP contribution in [0.5, 0.6) is 11.5 Å². The number of thiocarbonyl (C=S) groups is 1. The third-order valence-corrected chi connectivity index (χ3v) is 4.71. The first-order valence-electron chi connectivity index (χ1n) is 7.70. The van der Waals surface area contributed by atoms with E-state index in [0.29, 0.717) is 24.9 Å². The third kappa shape index (κ3) is 3.74. The number of hydrogen-bond acceptors (Lipinski definition) is 3. The third-order valence-electron chi connectivity index (χ3n) is 3.88. The second-order valence-corrected chi connectivity index (χ2v) is 6.47. The molecule has 1 heterocycles. The smallest absolute Gasteiger partial charge is 0.173 e. The molecule has 2 aromatic rings. The van der Waals surface area contributed by atoms with Crippen molar-refractivity contribution in [2.24, 2.45) is 0 Å². The molecule has 0 saturated carbocycles. The van der Waals surface area contributed by atoms with Crippen LogP contribution in [-0.2, 0) is 6.54 Å². The van der Waals surface area contributed by atoms with E-state index >= 15 is 0 Å². The van der Waals surface area contributed by atoms with Crippen LogP contribution in [0, 0.1) is 6.92 Å². The van der Waals surface area contributed by atoms with Crippen molar-refractivity contribution >= 4 is 34.6 Å². The molecule has 0 saturated heterocycles. The van der Waals surface area contributed by atoms with Crippen molar-refractivity contribution in [3.05, 3.63) is 52.5 Å². The molecule has 0 aromatic heterocycles. The fourth-order valence-corrected chi connectivity index (χ4v) is 2.83. The predicted molar refractivity (Wildman–Crippen MR) is 101 cm³/mol. The standard InChI is InChI=1S/C18H19ClN2O2S/c1-12-14(19)4-3-5-15(12)20-18(24)21(2)11-13-6-7-16-17(10-13)23-9-8-22-16/h3-7,10H,8-9,11H2,1-2H3,(H,20,24). The molecule has 0 fully saturated rings. The molecule has 0 atom stereocenters. The number of rotatable bonds is 3. The predicted octanol–water partition coefficient (Wildman–Crippen LogP) is 4.25. The summed E-state index contributed by atoms with van der Waals surface area (Å²) in [6.45, 7) is 3.82. The second kappa shape index (κ2) is 7.28. The average molecular weight is 363 g/mol. The van der Waals surface area contributed by atoms with Crippen LogP contribution < -0.4 is 14.8 Å². The van der Waals surface area contributed by atoms with E-state index in [1.807, 2.05) is 55.3 Å². The molecule has 0 bridgehead atoms. The Morgan fingerprint density at radius 1 is 1.21 bits per heavy atom. The van der Waals surface area contributed by atoms with E-state index in [1.54, 1.807) is 0 Å². The van der Waals surface area contributed by atoms with Crippen molar-refractivity contribution in [1.82, 2.24) is 4.90 Å². The molecule has 1 aliphatic heterocycles. The summed E-state index contributed by atoms with van der Waals surface area (Å²) in [5.74, 6) is 1.58. The minimum Gasteiger partial charge on any atom is -0.486 e. The van der Waals surface area contributed by atoms with Gasteiger partial charge >= 0.3 is 0 Å². The molecule has 0 spiro atoms. The van der Waals surface area contributed by atoms with Crippen molar-refractivity contribution in [2.45, 2.75) is 13.5 Å². The van der Waals surface area contributed by atoms with E-state index < -0.39 is 0 Å². The van der Waals surface area contributed by atoms with Crippen LogP contribution in [0.25, 0.3) is 0 Å². The van der Waals surface area contributed by atoms with E-state index in [1.165, 1.54) is 0 Å². The van der Waals surface area contributed by atoms with Gasteiger partial charge in [-0.05, 0) is 54.5 Å². The molecule has 0 aliphatic carbocycles. The maximum Gasteiger partial charge on any atom is 0.173 e. The highest BCUT2D eigenvalue weighted by molar-refractivity contribution is 7.80. The van der Waals surface area contributed by atoms with Gasteiger partial charge in [0.2, 0.25) is 0 Å². The fourth-order valence-electron chi connectivity index (χ4n) is 2.49. The Morgan fingerprint density at radius 2 is 1.96 bits per heavy atom. The van der Waals surface area contributed by atoms with E-state index in [0.717, 1.165) is 33.3 Å². The van der Waals surface area contributed by atoms with Gasteiger partial charge in [0.05, 0.1) is 0 Å². The molecule has 4 nitrogen and oxygen atoms in total. The molecule has 1 aliphatic rings. The Balaban J connectivity index is 1.67. The zero-order valence-corrected chi connectivity index (χ0v) is 15.2. The van der Waals surface area contributed by atoms with Crippen molar-refractivity contribution in [1.29, 1.82) is 0 Å². The van der Waals surface area contributed by atoms with Gasteiger partial charge in [-0.2, -0.15) is 0 Å². The van der Waals surface area contributed by atoms with Gasteiger partial charge < -0.3 is 19.7 Å². The topological polar surface area (TPSA) is 33.7 Å². The van der Waals surface area contributed by atoms with Crippen LogP contribution >= 0.6 is 23.8 Å². The summed E-state index contributed by atoms with van der Waals surface area (Å²) in [7, 11) is 1.95. The number of halogens is 1. The Bertz CT molecular complexity index is 767. The maximum absolute atomic E-state index is 6.15. The highest BCUT2D eigenvalue weighted by Gasteiger charge is 2.13. The second-order valence-electron chi connectivity index (χ2n) is 5.68. The van der Waals surface area contributed by atoms with Gasteiger partial charge in [0.1, 0.15) is 13.2 Å². The Labute approximate surface area is 152 Å². The molecule has 0 radical (unpaired) electrons. The van der Waals surface area contributed by atoms with Gasteiger partial charge in [0.15, 0.2) is 16.6 Å². The number of nitrogens with one attached hydrogen (secondary N) is 1. The summed E-state index contributed by atoms with van der Waals surface area (Å²) >= 11 is 11.6. The van der Waals surface area contributed by atoms with Gasteiger partial charge in [-0.3, -0.25) is 0 Å². The van der Waals surface area contributed by atoms with Crippen LogP contribution in [-0.4, -0.2) is 30.3 Å². The largest absolute Gasteiger partial charge is 0.486 e. The first-order chi connectivity index (χ1) is 11.5. The van der Waals surface area contributed by atoms with E-state index in [-0.39, 0.29) is 0 Å².